The Morgan fingerprint density at radius 3 is 2.68 bits per heavy atom. The average molecular weight is 309 g/mol. The molecule has 4 nitrogen and oxygen atoms in total. The maximum absolute atomic E-state index is 12.7. The number of nitriles is 1. The van der Waals surface area contributed by atoms with Gasteiger partial charge in [0.2, 0.25) is 0 Å². The lowest BCUT2D eigenvalue weighted by Crippen LogP contribution is -2.29. The minimum Gasteiger partial charge on any atom is -0.349 e. The number of amides is 1. The van der Waals surface area contributed by atoms with Crippen LogP contribution in [0.3, 0.4) is 0 Å². The first-order chi connectivity index (χ1) is 10.2. The minimum absolute atomic E-state index is 0.185. The van der Waals surface area contributed by atoms with Gasteiger partial charge in [-0.3, -0.25) is 4.79 Å². The van der Waals surface area contributed by atoms with Crippen molar-refractivity contribution in [2.24, 2.45) is 13.0 Å². The normalized spacial score (nSPS) is 12.9. The summed E-state index contributed by atoms with van der Waals surface area (Å²) >= 11 is 0. The van der Waals surface area contributed by atoms with Crippen molar-refractivity contribution in [2.45, 2.75) is 13.1 Å². The second-order valence-corrected chi connectivity index (χ2v) is 5.10. The Morgan fingerprint density at radius 2 is 2.09 bits per heavy atom. The number of benzene rings is 1. The molecule has 0 fully saturated rings. The highest BCUT2D eigenvalue weighted by Gasteiger charge is 2.30. The van der Waals surface area contributed by atoms with Crippen LogP contribution in [-0.4, -0.2) is 17.0 Å². The summed E-state index contributed by atoms with van der Waals surface area (Å²) in [6.07, 6.45) is -4.42. The van der Waals surface area contributed by atoms with Crippen LogP contribution < -0.4 is 5.32 Å². The van der Waals surface area contributed by atoms with Gasteiger partial charge in [-0.25, -0.2) is 0 Å². The van der Waals surface area contributed by atoms with Crippen LogP contribution in [0.25, 0.3) is 10.9 Å². The monoisotopic (exact) mass is 309 g/mol. The van der Waals surface area contributed by atoms with Gasteiger partial charge in [-0.15, -0.1) is 0 Å². The number of rotatable bonds is 3. The standard InChI is InChI=1S/C15H14F3N3O/c1-9(7-19)8-20-14(22)13-6-10-5-11(15(16,17)18)3-4-12(10)21(13)2/h3-6,9H,8H2,1-2H3,(H,20,22). The van der Waals surface area contributed by atoms with Gasteiger partial charge in [0.05, 0.1) is 17.6 Å². The third-order valence-electron chi connectivity index (χ3n) is 3.39. The van der Waals surface area contributed by atoms with Crippen LogP contribution in [0, 0.1) is 17.2 Å². The maximum Gasteiger partial charge on any atom is 0.416 e. The Kier molecular flexibility index (Phi) is 4.13. The third-order valence-corrected chi connectivity index (χ3v) is 3.39. The summed E-state index contributed by atoms with van der Waals surface area (Å²) in [7, 11) is 1.61. The Hall–Kier alpha value is -2.49. The van der Waals surface area contributed by atoms with Gasteiger partial charge in [0.1, 0.15) is 5.69 Å². The van der Waals surface area contributed by atoms with Crippen molar-refractivity contribution >= 4 is 16.8 Å². The van der Waals surface area contributed by atoms with E-state index in [0.717, 1.165) is 12.1 Å². The molecule has 0 saturated carbocycles. The fourth-order valence-electron chi connectivity index (χ4n) is 2.13. The predicted molar refractivity (Wildman–Crippen MR) is 75.0 cm³/mol. The van der Waals surface area contributed by atoms with Crippen molar-refractivity contribution in [1.82, 2.24) is 9.88 Å². The van der Waals surface area contributed by atoms with E-state index in [1.807, 2.05) is 6.07 Å². The van der Waals surface area contributed by atoms with E-state index in [1.165, 1.54) is 16.7 Å². The molecule has 1 unspecified atom stereocenters. The van der Waals surface area contributed by atoms with Gasteiger partial charge in [-0.1, -0.05) is 0 Å². The van der Waals surface area contributed by atoms with Crippen molar-refractivity contribution in [3.8, 4) is 6.07 Å². The van der Waals surface area contributed by atoms with Gasteiger partial charge >= 0.3 is 6.18 Å². The molecule has 0 aliphatic rings. The van der Waals surface area contributed by atoms with E-state index in [-0.39, 0.29) is 18.2 Å². The molecule has 2 aromatic rings. The Balaban J connectivity index is 2.34. The SMILES string of the molecule is CC(C#N)CNC(=O)c1cc2cc(C(F)(F)F)ccc2n1C. The first-order valence-electron chi connectivity index (χ1n) is 6.58. The van der Waals surface area contributed by atoms with Crippen LogP contribution in [0.2, 0.25) is 0 Å². The molecule has 1 aromatic carbocycles. The molecule has 0 spiro atoms. The summed E-state index contributed by atoms with van der Waals surface area (Å²) in [4.78, 5) is 12.1. The van der Waals surface area contributed by atoms with Crippen molar-refractivity contribution < 1.29 is 18.0 Å². The van der Waals surface area contributed by atoms with Crippen LogP contribution in [-0.2, 0) is 13.2 Å². The molecule has 1 aromatic heterocycles. The van der Waals surface area contributed by atoms with E-state index in [1.54, 1.807) is 14.0 Å². The highest BCUT2D eigenvalue weighted by atomic mass is 19.4. The number of hydrogen-bond donors (Lipinski definition) is 1. The number of fused-ring (bicyclic) bond motifs is 1. The van der Waals surface area contributed by atoms with Crippen molar-refractivity contribution in [3.63, 3.8) is 0 Å². The molecular formula is C15H14F3N3O. The molecule has 0 bridgehead atoms. The number of hydrogen-bond acceptors (Lipinski definition) is 2. The molecule has 0 aliphatic carbocycles. The number of nitrogens with zero attached hydrogens (tertiary/aromatic N) is 2. The number of carbonyl (C=O) groups excluding carboxylic acids is 1. The Morgan fingerprint density at radius 1 is 1.41 bits per heavy atom. The summed E-state index contributed by atoms with van der Waals surface area (Å²) in [5.74, 6) is -0.759. The van der Waals surface area contributed by atoms with Crippen LogP contribution in [0.15, 0.2) is 24.3 Å². The zero-order valence-corrected chi connectivity index (χ0v) is 12.0. The van der Waals surface area contributed by atoms with Crippen LogP contribution >= 0.6 is 0 Å². The van der Waals surface area contributed by atoms with E-state index in [0.29, 0.717) is 10.9 Å². The lowest BCUT2D eigenvalue weighted by Gasteiger charge is -2.08. The van der Waals surface area contributed by atoms with E-state index in [9.17, 15) is 18.0 Å². The molecule has 1 N–H and O–H groups in total. The van der Waals surface area contributed by atoms with Gasteiger partial charge in [-0.2, -0.15) is 18.4 Å². The average Bonchev–Trinajstić information content (AvgIpc) is 2.80. The molecule has 7 heteroatoms. The van der Waals surface area contributed by atoms with Crippen LogP contribution in [0.1, 0.15) is 23.0 Å². The van der Waals surface area contributed by atoms with E-state index >= 15 is 0 Å². The Labute approximate surface area is 125 Å². The highest BCUT2D eigenvalue weighted by molar-refractivity contribution is 5.98. The fraction of sp³-hybridized carbons (Fsp3) is 0.333. The molecule has 1 heterocycles. The second kappa shape index (κ2) is 5.72. The molecule has 22 heavy (non-hydrogen) atoms. The predicted octanol–water partition coefficient (Wildman–Crippen LogP) is 3.09. The number of aryl methyl sites for hydroxylation is 1. The molecular weight excluding hydrogens is 295 g/mol. The quantitative estimate of drug-likeness (QED) is 0.947. The zero-order chi connectivity index (χ0) is 16.5. The summed E-state index contributed by atoms with van der Waals surface area (Å²) < 4.78 is 39.7. The lowest BCUT2D eigenvalue weighted by molar-refractivity contribution is -0.137. The molecule has 116 valence electrons. The number of nitrogens with one attached hydrogen (secondary N) is 1. The smallest absolute Gasteiger partial charge is 0.349 e. The van der Waals surface area contributed by atoms with Crippen molar-refractivity contribution in [3.05, 3.63) is 35.5 Å². The van der Waals surface area contributed by atoms with Gasteiger partial charge in [0, 0.05) is 24.5 Å². The maximum atomic E-state index is 12.7. The minimum atomic E-state index is -4.42. The Bertz CT molecular complexity index is 756. The molecule has 1 atom stereocenters. The summed E-state index contributed by atoms with van der Waals surface area (Å²) in [6, 6.07) is 6.75. The third kappa shape index (κ3) is 3.06. The largest absolute Gasteiger partial charge is 0.416 e. The zero-order valence-electron chi connectivity index (χ0n) is 12.0. The summed E-state index contributed by atoms with van der Waals surface area (Å²) in [5.41, 5.74) is 0.0293. The topological polar surface area (TPSA) is 57.8 Å². The van der Waals surface area contributed by atoms with E-state index in [4.69, 9.17) is 5.26 Å². The van der Waals surface area contributed by atoms with Gasteiger partial charge in [-0.05, 0) is 31.2 Å². The van der Waals surface area contributed by atoms with Crippen LogP contribution in [0.4, 0.5) is 13.2 Å². The fourth-order valence-corrected chi connectivity index (χ4v) is 2.13. The van der Waals surface area contributed by atoms with Gasteiger partial charge < -0.3 is 9.88 Å². The van der Waals surface area contributed by atoms with Crippen molar-refractivity contribution in [1.29, 1.82) is 5.26 Å². The number of carbonyl (C=O) groups is 1. The van der Waals surface area contributed by atoms with E-state index in [2.05, 4.69) is 5.32 Å². The first-order valence-corrected chi connectivity index (χ1v) is 6.58. The van der Waals surface area contributed by atoms with Crippen LogP contribution in [0.5, 0.6) is 0 Å². The number of halogens is 3. The van der Waals surface area contributed by atoms with Gasteiger partial charge in [0.25, 0.3) is 5.91 Å². The molecule has 0 radical (unpaired) electrons. The lowest BCUT2D eigenvalue weighted by atomic mass is 10.1. The molecule has 2 rings (SSSR count). The first kappa shape index (κ1) is 15.9. The second-order valence-electron chi connectivity index (χ2n) is 5.10. The summed E-state index contributed by atoms with van der Waals surface area (Å²) in [6.45, 7) is 1.85. The molecule has 0 aliphatic heterocycles. The summed E-state index contributed by atoms with van der Waals surface area (Å²) in [5, 5.41) is 11.6. The highest BCUT2D eigenvalue weighted by Crippen LogP contribution is 2.32. The molecule has 0 saturated heterocycles. The number of alkyl halides is 3. The number of aromatic nitrogens is 1. The van der Waals surface area contributed by atoms with Gasteiger partial charge in [0.15, 0.2) is 0 Å². The van der Waals surface area contributed by atoms with Crippen molar-refractivity contribution in [2.75, 3.05) is 6.54 Å². The molecule has 1 amide bonds. The van der Waals surface area contributed by atoms with E-state index < -0.39 is 17.6 Å².